The van der Waals surface area contributed by atoms with E-state index in [2.05, 4.69) is 33.9 Å². The number of hydrogen-bond donors (Lipinski definition) is 2. The van der Waals surface area contributed by atoms with E-state index in [1.165, 1.54) is 5.56 Å². The summed E-state index contributed by atoms with van der Waals surface area (Å²) in [6.45, 7) is 7.62. The molecule has 1 aliphatic rings. The molecule has 30 heavy (non-hydrogen) atoms. The second-order valence-electron chi connectivity index (χ2n) is 8.27. The third-order valence-corrected chi connectivity index (χ3v) is 5.95. The minimum atomic E-state index is -0.0914. The Morgan fingerprint density at radius 2 is 1.90 bits per heavy atom. The van der Waals surface area contributed by atoms with Gasteiger partial charge in [0.1, 0.15) is 5.82 Å². The average molecular weight is 430 g/mol. The minimum Gasteiger partial charge on any atom is -0.347 e. The number of nitrogens with one attached hydrogen (secondary N) is 2. The predicted octanol–water partition coefficient (Wildman–Crippen LogP) is 3.29. The van der Waals surface area contributed by atoms with E-state index in [0.717, 1.165) is 24.2 Å². The number of aromatic amines is 1. The lowest BCUT2D eigenvalue weighted by Gasteiger charge is -2.32. The van der Waals surface area contributed by atoms with Crippen molar-refractivity contribution in [3.63, 3.8) is 0 Å². The molecule has 0 bridgehead atoms. The zero-order valence-corrected chi connectivity index (χ0v) is 18.8. The van der Waals surface area contributed by atoms with Crippen molar-refractivity contribution in [2.24, 2.45) is 0 Å². The number of H-pyrrole nitrogens is 1. The first-order chi connectivity index (χ1) is 14.3. The fourth-order valence-electron chi connectivity index (χ4n) is 3.88. The minimum absolute atomic E-state index is 0.0279. The summed E-state index contributed by atoms with van der Waals surface area (Å²) in [6, 6.07) is 8.41. The van der Waals surface area contributed by atoms with Gasteiger partial charge in [-0.25, -0.2) is 0 Å². The zero-order chi connectivity index (χ0) is 21.7. The van der Waals surface area contributed by atoms with Crippen molar-refractivity contribution in [2.45, 2.75) is 58.4 Å². The normalized spacial score (nSPS) is 14.9. The molecular formula is C22H31N5O2S. The molecule has 1 aromatic carbocycles. The van der Waals surface area contributed by atoms with Crippen molar-refractivity contribution in [2.75, 3.05) is 19.6 Å². The van der Waals surface area contributed by atoms with Gasteiger partial charge >= 0.3 is 0 Å². The Morgan fingerprint density at radius 1 is 1.23 bits per heavy atom. The first-order valence-corrected chi connectivity index (χ1v) is 11.0. The summed E-state index contributed by atoms with van der Waals surface area (Å²) in [5.41, 5.74) is 2.33. The zero-order valence-electron chi connectivity index (χ0n) is 18.0. The second-order valence-corrected chi connectivity index (χ2v) is 8.65. The van der Waals surface area contributed by atoms with E-state index in [1.807, 2.05) is 36.1 Å². The molecule has 2 aromatic rings. The van der Waals surface area contributed by atoms with E-state index < -0.39 is 0 Å². The molecule has 2 heterocycles. The van der Waals surface area contributed by atoms with Gasteiger partial charge in [0.25, 0.3) is 0 Å². The molecule has 0 aliphatic carbocycles. The third kappa shape index (κ3) is 5.56. The highest BCUT2D eigenvalue weighted by atomic mass is 32.1. The van der Waals surface area contributed by atoms with Crippen LogP contribution in [0.3, 0.4) is 0 Å². The standard InChI is InChI=1S/C22H31N5O2S/c1-15(2)27-21(24-25-22(27)30)18-10-12-26(13-11-18)20(29)14-23-19(28)9-8-17-6-4-16(3)5-7-17/h4-7,15,18H,8-14H2,1-3H3,(H,23,28)(H,25,30). The number of benzene rings is 1. The molecule has 0 spiro atoms. The number of hydrogen-bond acceptors (Lipinski definition) is 4. The van der Waals surface area contributed by atoms with Crippen molar-refractivity contribution in [1.29, 1.82) is 0 Å². The van der Waals surface area contributed by atoms with Gasteiger partial charge in [-0.15, -0.1) is 0 Å². The Hall–Kier alpha value is -2.48. The molecule has 2 N–H and O–H groups in total. The van der Waals surface area contributed by atoms with E-state index in [1.54, 1.807) is 0 Å². The molecule has 162 valence electrons. The summed E-state index contributed by atoms with van der Waals surface area (Å²) in [4.78, 5) is 26.4. The smallest absolute Gasteiger partial charge is 0.241 e. The van der Waals surface area contributed by atoms with E-state index in [0.29, 0.717) is 30.7 Å². The van der Waals surface area contributed by atoms with Crippen molar-refractivity contribution in [3.05, 3.63) is 46.0 Å². The number of piperidine rings is 1. The summed E-state index contributed by atoms with van der Waals surface area (Å²) in [6.07, 6.45) is 2.76. The second kappa shape index (κ2) is 10.0. The van der Waals surface area contributed by atoms with Crippen LogP contribution in [0.5, 0.6) is 0 Å². The van der Waals surface area contributed by atoms with E-state index in [-0.39, 0.29) is 30.3 Å². The summed E-state index contributed by atoms with van der Waals surface area (Å²) in [7, 11) is 0. The molecule has 8 heteroatoms. The maximum Gasteiger partial charge on any atom is 0.241 e. The molecule has 1 aliphatic heterocycles. The van der Waals surface area contributed by atoms with Crippen molar-refractivity contribution in [3.8, 4) is 0 Å². The molecule has 3 rings (SSSR count). The lowest BCUT2D eigenvalue weighted by atomic mass is 9.95. The maximum absolute atomic E-state index is 12.5. The van der Waals surface area contributed by atoms with Gasteiger partial charge in [0.2, 0.25) is 11.8 Å². The van der Waals surface area contributed by atoms with Gasteiger partial charge < -0.3 is 14.8 Å². The van der Waals surface area contributed by atoms with Gasteiger partial charge in [0.05, 0.1) is 6.54 Å². The first kappa shape index (κ1) is 22.2. The highest BCUT2D eigenvalue weighted by Crippen LogP contribution is 2.28. The van der Waals surface area contributed by atoms with Gasteiger partial charge in [-0.1, -0.05) is 29.8 Å². The van der Waals surface area contributed by atoms with Crippen LogP contribution in [0.15, 0.2) is 24.3 Å². The van der Waals surface area contributed by atoms with Crippen molar-refractivity contribution in [1.82, 2.24) is 25.0 Å². The molecule has 1 saturated heterocycles. The monoisotopic (exact) mass is 429 g/mol. The van der Waals surface area contributed by atoms with Crippen LogP contribution in [-0.2, 0) is 16.0 Å². The Kier molecular flexibility index (Phi) is 7.42. The fourth-order valence-corrected chi connectivity index (χ4v) is 4.23. The summed E-state index contributed by atoms with van der Waals surface area (Å²) >= 11 is 5.34. The quantitative estimate of drug-likeness (QED) is 0.662. The number of amides is 2. The van der Waals surface area contributed by atoms with Crippen LogP contribution >= 0.6 is 12.2 Å². The predicted molar refractivity (Wildman–Crippen MR) is 119 cm³/mol. The fraction of sp³-hybridized carbons (Fsp3) is 0.545. The van der Waals surface area contributed by atoms with Crippen LogP contribution < -0.4 is 5.32 Å². The van der Waals surface area contributed by atoms with Gasteiger partial charge in [-0.2, -0.15) is 5.10 Å². The highest BCUT2D eigenvalue weighted by Gasteiger charge is 2.27. The number of carbonyl (C=O) groups excluding carboxylic acids is 2. The molecule has 1 aromatic heterocycles. The molecule has 2 amide bonds. The van der Waals surface area contributed by atoms with E-state index in [4.69, 9.17) is 12.2 Å². The molecule has 7 nitrogen and oxygen atoms in total. The van der Waals surface area contributed by atoms with Gasteiger partial charge in [0, 0.05) is 31.5 Å². The SMILES string of the molecule is Cc1ccc(CCC(=O)NCC(=O)N2CCC(c3n[nH]c(=S)n3C(C)C)CC2)cc1. The number of nitrogens with zero attached hydrogens (tertiary/aromatic N) is 3. The number of carbonyl (C=O) groups is 2. The number of aromatic nitrogens is 3. The summed E-state index contributed by atoms with van der Waals surface area (Å²) in [5, 5.41) is 10.1. The Morgan fingerprint density at radius 3 is 2.53 bits per heavy atom. The Bertz CT molecular complexity index is 924. The van der Waals surface area contributed by atoms with E-state index in [9.17, 15) is 9.59 Å². The van der Waals surface area contributed by atoms with Gasteiger partial charge in [-0.05, 0) is 57.8 Å². The summed E-state index contributed by atoms with van der Waals surface area (Å²) < 4.78 is 2.71. The third-order valence-electron chi connectivity index (χ3n) is 5.66. The lowest BCUT2D eigenvalue weighted by Crippen LogP contribution is -2.44. The molecular weight excluding hydrogens is 398 g/mol. The highest BCUT2D eigenvalue weighted by molar-refractivity contribution is 7.71. The van der Waals surface area contributed by atoms with Crippen LogP contribution in [0.1, 0.15) is 62.0 Å². The lowest BCUT2D eigenvalue weighted by molar-refractivity contribution is -0.133. The van der Waals surface area contributed by atoms with Gasteiger partial charge in [-0.3, -0.25) is 14.7 Å². The van der Waals surface area contributed by atoms with E-state index >= 15 is 0 Å². The number of rotatable bonds is 7. The van der Waals surface area contributed by atoms with Crippen LogP contribution in [0.25, 0.3) is 0 Å². The van der Waals surface area contributed by atoms with Crippen LogP contribution in [-0.4, -0.2) is 51.1 Å². The Labute approximate surface area is 182 Å². The average Bonchev–Trinajstić information content (AvgIpc) is 3.13. The summed E-state index contributed by atoms with van der Waals surface area (Å²) in [5.74, 6) is 1.14. The van der Waals surface area contributed by atoms with Crippen molar-refractivity contribution >= 4 is 24.0 Å². The molecule has 0 unspecified atom stereocenters. The van der Waals surface area contributed by atoms with Crippen LogP contribution in [0.4, 0.5) is 0 Å². The topological polar surface area (TPSA) is 83.0 Å². The Balaban J connectivity index is 1.42. The largest absolute Gasteiger partial charge is 0.347 e. The van der Waals surface area contributed by atoms with Crippen molar-refractivity contribution < 1.29 is 9.59 Å². The molecule has 1 fully saturated rings. The van der Waals surface area contributed by atoms with Crippen LogP contribution in [0.2, 0.25) is 0 Å². The maximum atomic E-state index is 12.5. The molecule has 0 radical (unpaired) electrons. The number of aryl methyl sites for hydroxylation is 2. The molecule has 0 atom stereocenters. The first-order valence-electron chi connectivity index (χ1n) is 10.6. The molecule has 0 saturated carbocycles. The number of likely N-dealkylation sites (tertiary alicyclic amines) is 1. The van der Waals surface area contributed by atoms with Gasteiger partial charge in [0.15, 0.2) is 4.77 Å². The van der Waals surface area contributed by atoms with Crippen LogP contribution in [0, 0.1) is 11.7 Å².